The van der Waals surface area contributed by atoms with Gasteiger partial charge in [-0.15, -0.1) is 0 Å². The van der Waals surface area contributed by atoms with Gasteiger partial charge in [-0.3, -0.25) is 0 Å². The van der Waals surface area contributed by atoms with Gasteiger partial charge in [0.1, 0.15) is 5.60 Å². The minimum Gasteiger partial charge on any atom is -0.444 e. The Hall–Kier alpha value is -2.28. The van der Waals surface area contributed by atoms with Gasteiger partial charge in [0.25, 0.3) is 0 Å². The first kappa shape index (κ1) is 19.1. The van der Waals surface area contributed by atoms with Crippen LogP contribution in [0.1, 0.15) is 52.7 Å². The van der Waals surface area contributed by atoms with Gasteiger partial charge in [-0.1, -0.05) is 0 Å². The van der Waals surface area contributed by atoms with Gasteiger partial charge in [-0.05, 0) is 64.7 Å². The van der Waals surface area contributed by atoms with Crippen molar-refractivity contribution in [1.29, 1.82) is 0 Å². The van der Waals surface area contributed by atoms with Gasteiger partial charge in [-0.2, -0.15) is 5.10 Å². The Morgan fingerprint density at radius 3 is 2.89 bits per heavy atom. The van der Waals surface area contributed by atoms with Crippen LogP contribution in [0.5, 0.6) is 0 Å². The maximum Gasteiger partial charge on any atom is 0.410 e. The number of benzene rings is 1. The van der Waals surface area contributed by atoms with Crippen molar-refractivity contribution >= 4 is 22.7 Å². The molecular formula is C21H30N4O3. The van der Waals surface area contributed by atoms with Crippen LogP contribution in [0.2, 0.25) is 0 Å². The molecule has 4 rings (SSSR count). The second kappa shape index (κ2) is 7.62. The van der Waals surface area contributed by atoms with Crippen LogP contribution in [0.15, 0.2) is 24.4 Å². The number of fused-ring (bicyclic) bond motifs is 1. The van der Waals surface area contributed by atoms with E-state index in [0.29, 0.717) is 13.1 Å². The number of aromatic nitrogens is 2. The monoisotopic (exact) mass is 386 g/mol. The average Bonchev–Trinajstić information content (AvgIpc) is 3.28. The van der Waals surface area contributed by atoms with Gasteiger partial charge >= 0.3 is 6.09 Å². The predicted molar refractivity (Wildman–Crippen MR) is 108 cm³/mol. The highest BCUT2D eigenvalue weighted by molar-refractivity contribution is 5.82. The molecule has 1 amide bonds. The third kappa shape index (κ3) is 4.24. The molecule has 2 aliphatic heterocycles. The van der Waals surface area contributed by atoms with Crippen molar-refractivity contribution in [3.8, 4) is 0 Å². The maximum absolute atomic E-state index is 12.2. The SMILES string of the molecule is CC(C)(C)OC(=O)N1CC[C@@H](Nc2ccc3c(cnn3C3CCCCO3)c2)C1. The number of amides is 1. The standard InChI is InChI=1S/C21H30N4O3/c1-21(2,3)28-20(26)24-10-9-17(14-24)23-16-7-8-18-15(12-16)13-22-25(18)19-6-4-5-11-27-19/h7-8,12-13,17,19,23H,4-6,9-11,14H2,1-3H3/t17-,19?/m1/s1. The van der Waals surface area contributed by atoms with E-state index < -0.39 is 5.60 Å². The number of rotatable bonds is 3. The number of nitrogens with one attached hydrogen (secondary N) is 1. The van der Waals surface area contributed by atoms with Crippen LogP contribution in [-0.2, 0) is 9.47 Å². The molecule has 0 bridgehead atoms. The van der Waals surface area contributed by atoms with Crippen molar-refractivity contribution in [2.75, 3.05) is 25.0 Å². The molecule has 1 N–H and O–H groups in total. The topological polar surface area (TPSA) is 68.6 Å². The fourth-order valence-corrected chi connectivity index (χ4v) is 3.90. The highest BCUT2D eigenvalue weighted by Gasteiger charge is 2.29. The summed E-state index contributed by atoms with van der Waals surface area (Å²) in [5.41, 5.74) is 1.68. The number of hydrogen-bond donors (Lipinski definition) is 1. The zero-order valence-corrected chi connectivity index (χ0v) is 17.0. The zero-order chi connectivity index (χ0) is 19.7. The lowest BCUT2D eigenvalue weighted by Gasteiger charge is -2.24. The fraction of sp³-hybridized carbons (Fsp3) is 0.619. The summed E-state index contributed by atoms with van der Waals surface area (Å²) in [5, 5.41) is 9.21. The van der Waals surface area contributed by atoms with Crippen molar-refractivity contribution < 1.29 is 14.3 Å². The number of nitrogens with zero attached hydrogens (tertiary/aromatic N) is 3. The summed E-state index contributed by atoms with van der Waals surface area (Å²) >= 11 is 0. The molecule has 0 aliphatic carbocycles. The summed E-state index contributed by atoms with van der Waals surface area (Å²) in [5.74, 6) is 0. The summed E-state index contributed by atoms with van der Waals surface area (Å²) in [6, 6.07) is 6.53. The Bertz CT molecular complexity index is 836. The Morgan fingerprint density at radius 1 is 1.29 bits per heavy atom. The van der Waals surface area contributed by atoms with Gasteiger partial charge in [0.15, 0.2) is 6.23 Å². The third-order valence-corrected chi connectivity index (χ3v) is 5.23. The first-order valence-corrected chi connectivity index (χ1v) is 10.2. The number of carbonyl (C=O) groups is 1. The van der Waals surface area contributed by atoms with E-state index in [1.54, 1.807) is 4.90 Å². The average molecular weight is 386 g/mol. The normalized spacial score (nSPS) is 23.2. The highest BCUT2D eigenvalue weighted by atomic mass is 16.6. The molecule has 2 aromatic rings. The number of ether oxygens (including phenoxy) is 2. The van der Waals surface area contributed by atoms with Gasteiger partial charge in [0.05, 0.1) is 11.7 Å². The van der Waals surface area contributed by atoms with E-state index in [0.717, 1.165) is 42.5 Å². The molecule has 1 aromatic heterocycles. The lowest BCUT2D eigenvalue weighted by atomic mass is 10.1. The molecule has 0 saturated carbocycles. The lowest BCUT2D eigenvalue weighted by Crippen LogP contribution is -2.36. The zero-order valence-electron chi connectivity index (χ0n) is 17.0. The van der Waals surface area contributed by atoms with Crippen molar-refractivity contribution in [2.45, 2.75) is 64.3 Å². The third-order valence-electron chi connectivity index (χ3n) is 5.23. The minimum absolute atomic E-state index is 0.0438. The molecule has 2 atom stereocenters. The van der Waals surface area contributed by atoms with Crippen molar-refractivity contribution in [1.82, 2.24) is 14.7 Å². The second-order valence-corrected chi connectivity index (χ2v) is 8.74. The van der Waals surface area contributed by atoms with Crippen LogP contribution in [0, 0.1) is 0 Å². The second-order valence-electron chi connectivity index (χ2n) is 8.74. The van der Waals surface area contributed by atoms with Crippen LogP contribution in [0.25, 0.3) is 10.9 Å². The van der Waals surface area contributed by atoms with Gasteiger partial charge in [-0.25, -0.2) is 9.48 Å². The largest absolute Gasteiger partial charge is 0.444 e. The molecule has 2 fully saturated rings. The Balaban J connectivity index is 1.40. The fourth-order valence-electron chi connectivity index (χ4n) is 3.90. The maximum atomic E-state index is 12.2. The van der Waals surface area contributed by atoms with Crippen LogP contribution < -0.4 is 5.32 Å². The van der Waals surface area contributed by atoms with E-state index in [1.807, 2.05) is 31.6 Å². The van der Waals surface area contributed by atoms with Crippen molar-refractivity contribution in [3.63, 3.8) is 0 Å². The first-order valence-electron chi connectivity index (χ1n) is 10.2. The molecule has 1 unspecified atom stereocenters. The van der Waals surface area contributed by atoms with Crippen molar-refractivity contribution in [3.05, 3.63) is 24.4 Å². The number of likely N-dealkylation sites (tertiary alicyclic amines) is 1. The number of carbonyl (C=O) groups excluding carboxylic acids is 1. The van der Waals surface area contributed by atoms with E-state index in [1.165, 1.54) is 6.42 Å². The van der Waals surface area contributed by atoms with Gasteiger partial charge in [0, 0.05) is 36.8 Å². The Kier molecular flexibility index (Phi) is 5.19. The first-order chi connectivity index (χ1) is 13.4. The van der Waals surface area contributed by atoms with Crippen molar-refractivity contribution in [2.24, 2.45) is 0 Å². The molecular weight excluding hydrogens is 356 g/mol. The van der Waals surface area contributed by atoms with E-state index in [-0.39, 0.29) is 18.4 Å². The van der Waals surface area contributed by atoms with Crippen LogP contribution in [0.4, 0.5) is 10.5 Å². The van der Waals surface area contributed by atoms with Gasteiger partial charge in [0.2, 0.25) is 0 Å². The lowest BCUT2D eigenvalue weighted by molar-refractivity contribution is -0.0366. The number of hydrogen-bond acceptors (Lipinski definition) is 5. The van der Waals surface area contributed by atoms with Gasteiger partial charge < -0.3 is 19.7 Å². The molecule has 7 nitrogen and oxygen atoms in total. The molecule has 152 valence electrons. The van der Waals surface area contributed by atoms with Crippen LogP contribution in [0.3, 0.4) is 0 Å². The summed E-state index contributed by atoms with van der Waals surface area (Å²) in [7, 11) is 0. The van der Waals surface area contributed by atoms with E-state index in [4.69, 9.17) is 9.47 Å². The molecule has 2 saturated heterocycles. The molecule has 3 heterocycles. The Labute approximate surface area is 166 Å². The number of anilines is 1. The molecule has 2 aliphatic rings. The van der Waals surface area contributed by atoms with Crippen LogP contribution >= 0.6 is 0 Å². The summed E-state index contributed by atoms with van der Waals surface area (Å²) in [6.07, 6.45) is 5.95. The molecule has 7 heteroatoms. The molecule has 1 aromatic carbocycles. The molecule has 28 heavy (non-hydrogen) atoms. The van der Waals surface area contributed by atoms with E-state index in [9.17, 15) is 4.79 Å². The smallest absolute Gasteiger partial charge is 0.410 e. The minimum atomic E-state index is -0.462. The molecule has 0 radical (unpaired) electrons. The summed E-state index contributed by atoms with van der Waals surface area (Å²) in [6.45, 7) is 7.86. The highest BCUT2D eigenvalue weighted by Crippen LogP contribution is 2.28. The quantitative estimate of drug-likeness (QED) is 0.858. The van der Waals surface area contributed by atoms with Crippen LogP contribution in [-0.4, -0.2) is 52.1 Å². The Morgan fingerprint density at radius 2 is 2.14 bits per heavy atom. The van der Waals surface area contributed by atoms with E-state index >= 15 is 0 Å². The predicted octanol–water partition coefficient (Wildman–Crippen LogP) is 4.16. The molecule has 0 spiro atoms. The summed E-state index contributed by atoms with van der Waals surface area (Å²) < 4.78 is 13.3. The summed E-state index contributed by atoms with van der Waals surface area (Å²) in [4.78, 5) is 14.0. The van der Waals surface area contributed by atoms with E-state index in [2.05, 4.69) is 28.6 Å².